The Labute approximate surface area is 138 Å². The second kappa shape index (κ2) is 11.9. The number of anilines is 1. The van der Waals surface area contributed by atoms with Crippen molar-refractivity contribution in [3.05, 3.63) is 29.8 Å². The Morgan fingerprint density at radius 1 is 1.29 bits per heavy atom. The number of aryl methyl sites for hydroxylation is 1. The summed E-state index contributed by atoms with van der Waals surface area (Å²) in [6.45, 7) is 2.21. The van der Waals surface area contributed by atoms with Gasteiger partial charge in [0.1, 0.15) is 0 Å². The fraction of sp³-hybridized carbons (Fsp3) is 0.562. The molecule has 0 aliphatic heterocycles. The molecule has 0 unspecified atom stereocenters. The molecule has 0 saturated carbocycles. The molecule has 0 radical (unpaired) electrons. The van der Waals surface area contributed by atoms with Crippen LogP contribution < -0.4 is 11.1 Å². The lowest BCUT2D eigenvalue weighted by atomic mass is 10.1. The highest BCUT2D eigenvalue weighted by Crippen LogP contribution is 2.13. The molecule has 0 aliphatic rings. The molecule has 0 saturated heterocycles. The van der Waals surface area contributed by atoms with Crippen LogP contribution in [-0.4, -0.2) is 24.0 Å². The summed E-state index contributed by atoms with van der Waals surface area (Å²) in [5.41, 5.74) is 7.99. The van der Waals surface area contributed by atoms with Gasteiger partial charge < -0.3 is 11.1 Å². The van der Waals surface area contributed by atoms with Gasteiger partial charge in [-0.1, -0.05) is 31.9 Å². The smallest absolute Gasteiger partial charge is 0.241 e. The van der Waals surface area contributed by atoms with Gasteiger partial charge in [0.2, 0.25) is 5.91 Å². The minimum Gasteiger partial charge on any atom is -0.325 e. The molecule has 0 spiro atoms. The highest BCUT2D eigenvalue weighted by Gasteiger charge is 2.12. The third kappa shape index (κ3) is 8.34. The van der Waals surface area contributed by atoms with Crippen molar-refractivity contribution in [2.24, 2.45) is 5.73 Å². The lowest BCUT2D eigenvalue weighted by Crippen LogP contribution is -2.36. The standard InChI is InChI=1S/C16H26N2OS.ClH/c1-3-4-5-6-13-7-9-14(10-8-13)18-16(19)15(17)11-12-20-2;/h7-10,15H,3-6,11-12,17H2,1-2H3,(H,18,19);1H/t15-;/m0./s1. The van der Waals surface area contributed by atoms with Crippen molar-refractivity contribution in [2.75, 3.05) is 17.3 Å². The fourth-order valence-electron chi connectivity index (χ4n) is 1.94. The van der Waals surface area contributed by atoms with E-state index in [0.717, 1.165) is 17.9 Å². The first kappa shape index (κ1) is 20.3. The number of halogens is 1. The minimum absolute atomic E-state index is 0. The van der Waals surface area contributed by atoms with E-state index < -0.39 is 6.04 Å². The van der Waals surface area contributed by atoms with Gasteiger partial charge in [-0.05, 0) is 49.0 Å². The maximum atomic E-state index is 11.9. The Bertz CT molecular complexity index is 398. The van der Waals surface area contributed by atoms with Crippen molar-refractivity contribution >= 4 is 35.8 Å². The van der Waals surface area contributed by atoms with Crippen molar-refractivity contribution in [3.63, 3.8) is 0 Å². The summed E-state index contributed by atoms with van der Waals surface area (Å²) in [7, 11) is 0. The topological polar surface area (TPSA) is 55.1 Å². The Kier molecular flexibility index (Phi) is 11.5. The number of nitrogens with one attached hydrogen (secondary N) is 1. The molecule has 0 bridgehead atoms. The maximum absolute atomic E-state index is 11.9. The Morgan fingerprint density at radius 3 is 2.52 bits per heavy atom. The summed E-state index contributed by atoms with van der Waals surface area (Å²) in [5.74, 6) is 0.808. The van der Waals surface area contributed by atoms with Crippen LogP contribution in [0.2, 0.25) is 0 Å². The van der Waals surface area contributed by atoms with Crippen LogP contribution in [0.25, 0.3) is 0 Å². The number of thioether (sulfide) groups is 1. The molecule has 120 valence electrons. The normalized spacial score (nSPS) is 11.6. The summed E-state index contributed by atoms with van der Waals surface area (Å²) in [4.78, 5) is 11.9. The monoisotopic (exact) mass is 330 g/mol. The average molecular weight is 331 g/mol. The predicted molar refractivity (Wildman–Crippen MR) is 96.5 cm³/mol. The van der Waals surface area contributed by atoms with Gasteiger partial charge in [-0.3, -0.25) is 4.79 Å². The highest BCUT2D eigenvalue weighted by molar-refractivity contribution is 7.98. The molecule has 1 aromatic rings. The summed E-state index contributed by atoms with van der Waals surface area (Å²) < 4.78 is 0. The fourth-order valence-corrected chi connectivity index (χ4v) is 2.43. The molecular formula is C16H27ClN2OS. The van der Waals surface area contributed by atoms with E-state index in [9.17, 15) is 4.79 Å². The number of benzene rings is 1. The molecule has 5 heteroatoms. The zero-order chi connectivity index (χ0) is 14.8. The summed E-state index contributed by atoms with van der Waals surface area (Å²) in [5, 5.41) is 2.87. The number of carbonyl (C=O) groups is 1. The van der Waals surface area contributed by atoms with E-state index in [0.29, 0.717) is 6.42 Å². The van der Waals surface area contributed by atoms with Gasteiger partial charge in [0.15, 0.2) is 0 Å². The Morgan fingerprint density at radius 2 is 1.95 bits per heavy atom. The molecule has 3 nitrogen and oxygen atoms in total. The first-order chi connectivity index (χ1) is 9.67. The van der Waals surface area contributed by atoms with E-state index in [2.05, 4.69) is 24.4 Å². The van der Waals surface area contributed by atoms with Gasteiger partial charge in [0, 0.05) is 5.69 Å². The van der Waals surface area contributed by atoms with Gasteiger partial charge in [0.05, 0.1) is 6.04 Å². The molecule has 1 amide bonds. The number of hydrogen-bond donors (Lipinski definition) is 2. The summed E-state index contributed by atoms with van der Waals surface area (Å²) >= 11 is 1.70. The van der Waals surface area contributed by atoms with Crippen molar-refractivity contribution < 1.29 is 4.79 Å². The van der Waals surface area contributed by atoms with Crippen LogP contribution in [0.1, 0.15) is 38.2 Å². The molecule has 1 aromatic carbocycles. The van der Waals surface area contributed by atoms with Gasteiger partial charge in [-0.15, -0.1) is 12.4 Å². The average Bonchev–Trinajstić information content (AvgIpc) is 2.46. The second-order valence-electron chi connectivity index (χ2n) is 5.03. The lowest BCUT2D eigenvalue weighted by Gasteiger charge is -2.12. The van der Waals surface area contributed by atoms with Crippen LogP contribution in [-0.2, 0) is 11.2 Å². The molecule has 0 aromatic heterocycles. The van der Waals surface area contributed by atoms with E-state index in [-0.39, 0.29) is 18.3 Å². The van der Waals surface area contributed by atoms with Crippen LogP contribution in [0, 0.1) is 0 Å². The van der Waals surface area contributed by atoms with Gasteiger partial charge in [-0.25, -0.2) is 0 Å². The number of rotatable bonds is 9. The third-order valence-electron chi connectivity index (χ3n) is 3.26. The first-order valence-electron chi connectivity index (χ1n) is 7.31. The van der Waals surface area contributed by atoms with Gasteiger partial charge in [-0.2, -0.15) is 11.8 Å². The van der Waals surface area contributed by atoms with E-state index in [1.165, 1.54) is 24.8 Å². The van der Waals surface area contributed by atoms with Gasteiger partial charge >= 0.3 is 0 Å². The molecule has 1 rings (SSSR count). The van der Waals surface area contributed by atoms with Crippen LogP contribution in [0.4, 0.5) is 5.69 Å². The van der Waals surface area contributed by atoms with E-state index >= 15 is 0 Å². The van der Waals surface area contributed by atoms with Crippen molar-refractivity contribution in [3.8, 4) is 0 Å². The Hall–Kier alpha value is -0.710. The van der Waals surface area contributed by atoms with Crippen LogP contribution >= 0.6 is 24.2 Å². The largest absolute Gasteiger partial charge is 0.325 e. The second-order valence-corrected chi connectivity index (χ2v) is 6.02. The molecule has 0 aliphatic carbocycles. The van der Waals surface area contributed by atoms with Gasteiger partial charge in [0.25, 0.3) is 0 Å². The zero-order valence-electron chi connectivity index (χ0n) is 12.9. The first-order valence-corrected chi connectivity index (χ1v) is 8.71. The molecule has 1 atom stereocenters. The lowest BCUT2D eigenvalue weighted by molar-refractivity contribution is -0.117. The van der Waals surface area contributed by atoms with E-state index in [4.69, 9.17) is 5.73 Å². The SMILES string of the molecule is CCCCCc1ccc(NC(=O)[C@@H](N)CCSC)cc1.Cl. The van der Waals surface area contributed by atoms with Crippen molar-refractivity contribution in [2.45, 2.75) is 45.1 Å². The molecule has 21 heavy (non-hydrogen) atoms. The molecule has 0 heterocycles. The van der Waals surface area contributed by atoms with Crippen molar-refractivity contribution in [1.29, 1.82) is 0 Å². The number of carbonyl (C=O) groups excluding carboxylic acids is 1. The Balaban J connectivity index is 0.00000400. The summed E-state index contributed by atoms with van der Waals surface area (Å²) in [6.07, 6.45) is 7.56. The van der Waals surface area contributed by atoms with Crippen LogP contribution in [0.15, 0.2) is 24.3 Å². The molecule has 3 N–H and O–H groups in total. The molecule has 0 fully saturated rings. The third-order valence-corrected chi connectivity index (χ3v) is 3.90. The number of nitrogens with two attached hydrogens (primary N) is 1. The molecular weight excluding hydrogens is 304 g/mol. The number of amides is 1. The van der Waals surface area contributed by atoms with E-state index in [1.807, 2.05) is 18.4 Å². The zero-order valence-corrected chi connectivity index (χ0v) is 14.6. The predicted octanol–water partition coefficient (Wildman–Crippen LogP) is 3.86. The van der Waals surface area contributed by atoms with Crippen molar-refractivity contribution in [1.82, 2.24) is 0 Å². The van der Waals surface area contributed by atoms with E-state index in [1.54, 1.807) is 11.8 Å². The summed E-state index contributed by atoms with van der Waals surface area (Å²) in [6, 6.07) is 7.66. The van der Waals surface area contributed by atoms with Crippen LogP contribution in [0.3, 0.4) is 0 Å². The van der Waals surface area contributed by atoms with Crippen LogP contribution in [0.5, 0.6) is 0 Å². The maximum Gasteiger partial charge on any atom is 0.241 e. The quantitative estimate of drug-likeness (QED) is 0.676. The number of unbranched alkanes of at least 4 members (excludes halogenated alkanes) is 2. The highest BCUT2D eigenvalue weighted by atomic mass is 35.5. The minimum atomic E-state index is -0.424. The number of hydrogen-bond acceptors (Lipinski definition) is 3.